The molecule has 1 aromatic heterocycles. The number of rotatable bonds is 6. The van der Waals surface area contributed by atoms with Gasteiger partial charge in [-0.25, -0.2) is 4.79 Å². The third-order valence-electron chi connectivity index (χ3n) is 5.80. The van der Waals surface area contributed by atoms with Crippen molar-refractivity contribution in [2.45, 2.75) is 32.4 Å². The lowest BCUT2D eigenvalue weighted by Crippen LogP contribution is -2.38. The van der Waals surface area contributed by atoms with Crippen molar-refractivity contribution >= 4 is 23.3 Å². The average molecular weight is 390 g/mol. The van der Waals surface area contributed by atoms with Crippen LogP contribution in [0.3, 0.4) is 0 Å². The van der Waals surface area contributed by atoms with Crippen molar-refractivity contribution in [3.8, 4) is 0 Å². The Hall–Kier alpha value is -3.08. The number of benzene rings is 2. The highest BCUT2D eigenvalue weighted by atomic mass is 16.6. The van der Waals surface area contributed by atoms with E-state index in [1.165, 1.54) is 0 Å². The summed E-state index contributed by atoms with van der Waals surface area (Å²) >= 11 is 0. The minimum Gasteiger partial charge on any atom is -0.445 e. The Morgan fingerprint density at radius 2 is 1.76 bits per heavy atom. The molecule has 0 saturated carbocycles. The first-order chi connectivity index (χ1) is 14.2. The molecule has 0 unspecified atom stereocenters. The first-order valence-corrected chi connectivity index (χ1v) is 10.2. The lowest BCUT2D eigenvalue weighted by Gasteiger charge is -2.31. The molecule has 3 aromatic rings. The molecule has 2 heterocycles. The second-order valence-electron chi connectivity index (χ2n) is 7.67. The molecule has 1 aliphatic rings. The van der Waals surface area contributed by atoms with Gasteiger partial charge in [0.2, 0.25) is 0 Å². The van der Waals surface area contributed by atoms with Gasteiger partial charge >= 0.3 is 6.09 Å². The van der Waals surface area contributed by atoms with Gasteiger partial charge < -0.3 is 14.2 Å². The van der Waals surface area contributed by atoms with Crippen LogP contribution in [-0.4, -0.2) is 34.9 Å². The number of piperidine rings is 1. The Labute approximate surface area is 170 Å². The molecule has 0 aliphatic carbocycles. The highest BCUT2D eigenvalue weighted by molar-refractivity contribution is 5.97. The maximum absolute atomic E-state index is 12.3. The highest BCUT2D eigenvalue weighted by Crippen LogP contribution is 2.25. The zero-order valence-electron chi connectivity index (χ0n) is 16.5. The monoisotopic (exact) mass is 390 g/mol. The van der Waals surface area contributed by atoms with Gasteiger partial charge in [0.15, 0.2) is 6.29 Å². The molecule has 150 valence electrons. The topological polar surface area (TPSA) is 51.5 Å². The van der Waals surface area contributed by atoms with Gasteiger partial charge in [-0.3, -0.25) is 4.79 Å². The van der Waals surface area contributed by atoms with Gasteiger partial charge in [-0.2, -0.15) is 0 Å². The Balaban J connectivity index is 1.26. The number of hydrogen-bond acceptors (Lipinski definition) is 3. The Kier molecular flexibility index (Phi) is 5.94. The minimum atomic E-state index is -0.223. The van der Waals surface area contributed by atoms with Gasteiger partial charge in [0.05, 0.1) is 0 Å². The van der Waals surface area contributed by atoms with Gasteiger partial charge in [0, 0.05) is 42.3 Å². The smallest absolute Gasteiger partial charge is 0.410 e. The van der Waals surface area contributed by atoms with Gasteiger partial charge in [-0.1, -0.05) is 48.5 Å². The van der Waals surface area contributed by atoms with Gasteiger partial charge in [-0.05, 0) is 36.8 Å². The second kappa shape index (κ2) is 8.95. The van der Waals surface area contributed by atoms with Crippen LogP contribution in [0.4, 0.5) is 4.79 Å². The molecule has 1 aliphatic heterocycles. The van der Waals surface area contributed by atoms with Crippen LogP contribution in [0.15, 0.2) is 60.8 Å². The summed E-state index contributed by atoms with van der Waals surface area (Å²) in [6.45, 7) is 2.69. The molecular weight excluding hydrogens is 364 g/mol. The van der Waals surface area contributed by atoms with E-state index in [0.29, 0.717) is 12.5 Å². The van der Waals surface area contributed by atoms with E-state index in [2.05, 4.69) is 10.6 Å². The van der Waals surface area contributed by atoms with Gasteiger partial charge in [0.25, 0.3) is 0 Å². The molecule has 0 spiro atoms. The van der Waals surface area contributed by atoms with Crippen LogP contribution in [-0.2, 0) is 17.9 Å². The molecule has 0 radical (unpaired) electrons. The maximum Gasteiger partial charge on any atom is 0.410 e. The number of amides is 1. The first-order valence-electron chi connectivity index (χ1n) is 10.2. The summed E-state index contributed by atoms with van der Waals surface area (Å²) in [5, 5.41) is 1.01. The number of carbonyl (C=O) groups is 2. The van der Waals surface area contributed by atoms with E-state index in [4.69, 9.17) is 4.74 Å². The quantitative estimate of drug-likeness (QED) is 0.563. The molecule has 5 heteroatoms. The van der Waals surface area contributed by atoms with Crippen LogP contribution < -0.4 is 0 Å². The van der Waals surface area contributed by atoms with E-state index in [-0.39, 0.29) is 6.09 Å². The van der Waals surface area contributed by atoms with Gasteiger partial charge in [-0.15, -0.1) is 0 Å². The standard InChI is InChI=1S/C24H26N2O3/c27-17-21-16-26(23-9-5-4-8-22(21)23)15-12-19-10-13-25(14-11-19)24(28)29-18-20-6-2-1-3-7-20/h1-9,16-17,19H,10-15,18H2. The molecule has 1 saturated heterocycles. The number of para-hydroxylation sites is 1. The number of aryl methyl sites for hydroxylation is 1. The Morgan fingerprint density at radius 3 is 2.52 bits per heavy atom. The summed E-state index contributed by atoms with van der Waals surface area (Å²) in [5.41, 5.74) is 2.86. The highest BCUT2D eigenvalue weighted by Gasteiger charge is 2.24. The molecule has 1 fully saturated rings. The fraction of sp³-hybridized carbons (Fsp3) is 0.333. The van der Waals surface area contributed by atoms with Crippen molar-refractivity contribution in [3.05, 3.63) is 71.9 Å². The average Bonchev–Trinajstić information content (AvgIpc) is 3.15. The number of aldehydes is 1. The predicted octanol–water partition coefficient (Wildman–Crippen LogP) is 4.89. The minimum absolute atomic E-state index is 0.223. The summed E-state index contributed by atoms with van der Waals surface area (Å²) in [4.78, 5) is 25.4. The predicted molar refractivity (Wildman–Crippen MR) is 113 cm³/mol. The van der Waals surface area contributed by atoms with E-state index < -0.39 is 0 Å². The zero-order chi connectivity index (χ0) is 20.1. The molecule has 0 bridgehead atoms. The van der Waals surface area contributed by atoms with Crippen molar-refractivity contribution in [3.63, 3.8) is 0 Å². The molecule has 5 nitrogen and oxygen atoms in total. The zero-order valence-corrected chi connectivity index (χ0v) is 16.5. The van der Waals surface area contributed by atoms with E-state index in [1.807, 2.05) is 59.6 Å². The number of likely N-dealkylation sites (tertiary alicyclic amines) is 1. The van der Waals surface area contributed by atoms with Crippen LogP contribution in [0.2, 0.25) is 0 Å². The van der Waals surface area contributed by atoms with Crippen molar-refractivity contribution < 1.29 is 14.3 Å². The van der Waals surface area contributed by atoms with E-state index in [1.54, 1.807) is 0 Å². The molecule has 1 amide bonds. The van der Waals surface area contributed by atoms with E-state index in [0.717, 1.165) is 67.2 Å². The molecule has 0 atom stereocenters. The normalized spacial score (nSPS) is 14.8. The first kappa shape index (κ1) is 19.2. The third-order valence-corrected chi connectivity index (χ3v) is 5.80. The number of carbonyl (C=O) groups excluding carboxylic acids is 2. The molecule has 29 heavy (non-hydrogen) atoms. The largest absolute Gasteiger partial charge is 0.445 e. The molecule has 4 rings (SSSR count). The number of ether oxygens (including phenoxy) is 1. The summed E-state index contributed by atoms with van der Waals surface area (Å²) in [7, 11) is 0. The second-order valence-corrected chi connectivity index (χ2v) is 7.67. The number of aromatic nitrogens is 1. The van der Waals surface area contributed by atoms with Crippen LogP contribution >= 0.6 is 0 Å². The maximum atomic E-state index is 12.3. The Bertz CT molecular complexity index is 972. The molecule has 2 aromatic carbocycles. The summed E-state index contributed by atoms with van der Waals surface area (Å²) in [6, 6.07) is 17.8. The number of hydrogen-bond donors (Lipinski definition) is 0. The number of fused-ring (bicyclic) bond motifs is 1. The van der Waals surface area contributed by atoms with Crippen LogP contribution in [0.1, 0.15) is 35.2 Å². The SMILES string of the molecule is O=Cc1cn(CCC2CCN(C(=O)OCc3ccccc3)CC2)c2ccccc12. The van der Waals surface area contributed by atoms with E-state index >= 15 is 0 Å². The van der Waals surface area contributed by atoms with Crippen molar-refractivity contribution in [1.29, 1.82) is 0 Å². The van der Waals surface area contributed by atoms with Crippen molar-refractivity contribution in [2.75, 3.05) is 13.1 Å². The fourth-order valence-electron chi connectivity index (χ4n) is 4.09. The lowest BCUT2D eigenvalue weighted by molar-refractivity contribution is 0.0811. The summed E-state index contributed by atoms with van der Waals surface area (Å²) in [5.74, 6) is 0.578. The number of nitrogens with zero attached hydrogens (tertiary/aromatic N) is 2. The van der Waals surface area contributed by atoms with Crippen molar-refractivity contribution in [2.24, 2.45) is 5.92 Å². The van der Waals surface area contributed by atoms with Crippen LogP contribution in [0, 0.1) is 5.92 Å². The molecule has 0 N–H and O–H groups in total. The molecular formula is C24H26N2O3. The summed E-state index contributed by atoms with van der Waals surface area (Å²) in [6.07, 6.45) is 5.68. The van der Waals surface area contributed by atoms with Crippen LogP contribution in [0.5, 0.6) is 0 Å². The third kappa shape index (κ3) is 4.50. The van der Waals surface area contributed by atoms with Gasteiger partial charge in [0.1, 0.15) is 6.61 Å². The Morgan fingerprint density at radius 1 is 1.03 bits per heavy atom. The van der Waals surface area contributed by atoms with Crippen LogP contribution in [0.25, 0.3) is 10.9 Å². The van der Waals surface area contributed by atoms with E-state index in [9.17, 15) is 9.59 Å². The fourth-order valence-corrected chi connectivity index (χ4v) is 4.09. The summed E-state index contributed by atoms with van der Waals surface area (Å²) < 4.78 is 7.63. The van der Waals surface area contributed by atoms with Crippen molar-refractivity contribution in [1.82, 2.24) is 9.47 Å². The lowest BCUT2D eigenvalue weighted by atomic mass is 9.94.